The second kappa shape index (κ2) is 7.70. The van der Waals surface area contributed by atoms with Crippen molar-refractivity contribution in [3.63, 3.8) is 0 Å². The minimum Gasteiger partial charge on any atom is -0.356 e. The molecule has 1 aliphatic heterocycles. The molecule has 0 atom stereocenters. The zero-order valence-electron chi connectivity index (χ0n) is 12.7. The number of carbonyl (C=O) groups excluding carboxylic acids is 1. The normalized spacial score (nSPS) is 15.0. The van der Waals surface area contributed by atoms with Gasteiger partial charge in [0.05, 0.1) is 11.8 Å². The zero-order valence-corrected chi connectivity index (χ0v) is 15.1. The minimum atomic E-state index is 0. The molecule has 0 aliphatic carbocycles. The first-order valence-electron chi connectivity index (χ1n) is 7.58. The van der Waals surface area contributed by atoms with Crippen LogP contribution in [0.4, 0.5) is 5.82 Å². The Labute approximate surface area is 144 Å². The van der Waals surface area contributed by atoms with E-state index in [-0.39, 0.29) is 25.9 Å². The molecule has 22 heavy (non-hydrogen) atoms. The minimum absolute atomic E-state index is 0. The van der Waals surface area contributed by atoms with Gasteiger partial charge in [0.25, 0.3) is 0 Å². The van der Waals surface area contributed by atoms with Gasteiger partial charge in [0.15, 0.2) is 5.78 Å². The van der Waals surface area contributed by atoms with Gasteiger partial charge in [0, 0.05) is 33.2 Å². The fourth-order valence-corrected chi connectivity index (χ4v) is 2.87. The van der Waals surface area contributed by atoms with Crippen LogP contribution in [0.5, 0.6) is 0 Å². The van der Waals surface area contributed by atoms with E-state index in [9.17, 15) is 4.79 Å². The maximum atomic E-state index is 11.9. The SMILES string of the molecule is CC(=O)c1cnn(-c2[c-]cccc2)c1N1CCCCCC1.[Ir]. The Bertz CT molecular complexity index is 616. The number of para-hydroxylation sites is 1. The quantitative estimate of drug-likeness (QED) is 0.506. The molecule has 0 N–H and O–H groups in total. The van der Waals surface area contributed by atoms with Crippen molar-refractivity contribution in [1.82, 2.24) is 9.78 Å². The molecule has 1 radical (unpaired) electrons. The average molecular weight is 475 g/mol. The van der Waals surface area contributed by atoms with Crippen LogP contribution in [0.3, 0.4) is 0 Å². The van der Waals surface area contributed by atoms with E-state index in [1.165, 1.54) is 25.7 Å². The zero-order chi connectivity index (χ0) is 14.7. The summed E-state index contributed by atoms with van der Waals surface area (Å²) in [5.74, 6) is 0.989. The van der Waals surface area contributed by atoms with Crippen LogP contribution in [-0.2, 0) is 20.1 Å². The van der Waals surface area contributed by atoms with E-state index in [2.05, 4.69) is 16.1 Å². The Morgan fingerprint density at radius 3 is 2.50 bits per heavy atom. The van der Waals surface area contributed by atoms with Crippen molar-refractivity contribution in [3.8, 4) is 5.69 Å². The number of nitrogens with zero attached hydrogens (tertiary/aromatic N) is 3. The van der Waals surface area contributed by atoms with Gasteiger partial charge in [-0.1, -0.05) is 12.8 Å². The largest absolute Gasteiger partial charge is 0.356 e. The number of anilines is 1. The van der Waals surface area contributed by atoms with Crippen LogP contribution in [0.15, 0.2) is 30.5 Å². The third kappa shape index (κ3) is 3.47. The Morgan fingerprint density at radius 2 is 1.91 bits per heavy atom. The molecule has 1 aliphatic rings. The van der Waals surface area contributed by atoms with Gasteiger partial charge in [-0.3, -0.25) is 4.79 Å². The maximum Gasteiger partial charge on any atom is 0.165 e. The van der Waals surface area contributed by atoms with E-state index >= 15 is 0 Å². The third-order valence-corrected chi connectivity index (χ3v) is 3.95. The van der Waals surface area contributed by atoms with Gasteiger partial charge in [0.2, 0.25) is 0 Å². The first-order valence-corrected chi connectivity index (χ1v) is 7.58. The monoisotopic (exact) mass is 475 g/mol. The summed E-state index contributed by atoms with van der Waals surface area (Å²) in [6, 6.07) is 10.9. The van der Waals surface area contributed by atoms with Crippen LogP contribution in [0, 0.1) is 6.07 Å². The number of ketones is 1. The molecule has 5 heteroatoms. The molecule has 0 unspecified atom stereocenters. The summed E-state index contributed by atoms with van der Waals surface area (Å²) in [6.45, 7) is 3.58. The predicted octanol–water partition coefficient (Wildman–Crippen LogP) is 3.25. The topological polar surface area (TPSA) is 38.1 Å². The maximum absolute atomic E-state index is 11.9. The molecule has 119 valence electrons. The van der Waals surface area contributed by atoms with E-state index in [4.69, 9.17) is 0 Å². The number of hydrogen-bond acceptors (Lipinski definition) is 3. The van der Waals surface area contributed by atoms with Crippen molar-refractivity contribution in [1.29, 1.82) is 0 Å². The summed E-state index contributed by atoms with van der Waals surface area (Å²) in [4.78, 5) is 14.3. The number of carbonyl (C=O) groups is 1. The standard InChI is InChI=1S/C17H20N3O.Ir/c1-14(21)16-13-18-20(15-9-5-4-6-10-15)17(16)19-11-7-2-3-8-12-19;/h4-6,9,13H,2-3,7-8,11-12H2,1H3;/q-1;. The van der Waals surface area contributed by atoms with Gasteiger partial charge in [-0.25, -0.2) is 4.68 Å². The molecule has 2 heterocycles. The molecule has 1 aromatic carbocycles. The molecule has 2 aromatic rings. The second-order valence-corrected chi connectivity index (χ2v) is 5.50. The first-order chi connectivity index (χ1) is 10.3. The van der Waals surface area contributed by atoms with Gasteiger partial charge in [-0.15, -0.1) is 6.07 Å². The average Bonchev–Trinajstić information content (AvgIpc) is 2.77. The third-order valence-electron chi connectivity index (χ3n) is 3.95. The number of Topliss-reactive ketones (excluding diaryl/α,β-unsaturated/α-hetero) is 1. The van der Waals surface area contributed by atoms with E-state index in [1.807, 2.05) is 28.9 Å². The van der Waals surface area contributed by atoms with Crippen LogP contribution in [0.25, 0.3) is 5.69 Å². The Kier molecular flexibility index (Phi) is 5.92. The molecule has 4 nitrogen and oxygen atoms in total. The van der Waals surface area contributed by atoms with Gasteiger partial charge in [-0.2, -0.15) is 29.4 Å². The predicted molar refractivity (Wildman–Crippen MR) is 83.1 cm³/mol. The van der Waals surface area contributed by atoms with Crippen LogP contribution in [-0.4, -0.2) is 28.7 Å². The molecule has 1 aromatic heterocycles. The van der Waals surface area contributed by atoms with E-state index in [0.29, 0.717) is 5.56 Å². The van der Waals surface area contributed by atoms with Gasteiger partial charge in [0.1, 0.15) is 5.82 Å². The molecule has 0 bridgehead atoms. The number of aromatic nitrogens is 2. The molecule has 0 saturated carbocycles. The van der Waals surface area contributed by atoms with Crippen molar-refractivity contribution in [2.75, 3.05) is 18.0 Å². The molecule has 1 fully saturated rings. The summed E-state index contributed by atoms with van der Waals surface area (Å²) in [5, 5.41) is 4.44. The van der Waals surface area contributed by atoms with E-state index < -0.39 is 0 Å². The van der Waals surface area contributed by atoms with Crippen molar-refractivity contribution in [3.05, 3.63) is 42.1 Å². The number of benzene rings is 1. The smallest absolute Gasteiger partial charge is 0.165 e. The Hall–Kier alpha value is -1.45. The molecule has 1 saturated heterocycles. The van der Waals surface area contributed by atoms with E-state index in [0.717, 1.165) is 24.6 Å². The summed E-state index contributed by atoms with van der Waals surface area (Å²) in [7, 11) is 0. The Balaban J connectivity index is 0.00000176. The summed E-state index contributed by atoms with van der Waals surface area (Å²) >= 11 is 0. The van der Waals surface area contributed by atoms with Crippen LogP contribution < -0.4 is 4.90 Å². The van der Waals surface area contributed by atoms with Crippen molar-refractivity contribution >= 4 is 11.6 Å². The first kappa shape index (κ1) is 16.9. The molecular weight excluding hydrogens is 454 g/mol. The number of hydrogen-bond donors (Lipinski definition) is 0. The van der Waals surface area contributed by atoms with Gasteiger partial charge >= 0.3 is 0 Å². The summed E-state index contributed by atoms with van der Waals surface area (Å²) < 4.78 is 1.85. The van der Waals surface area contributed by atoms with Crippen molar-refractivity contribution < 1.29 is 24.9 Å². The Morgan fingerprint density at radius 1 is 1.18 bits per heavy atom. The van der Waals surface area contributed by atoms with Crippen molar-refractivity contribution in [2.45, 2.75) is 32.6 Å². The van der Waals surface area contributed by atoms with Crippen LogP contribution >= 0.6 is 0 Å². The van der Waals surface area contributed by atoms with E-state index in [1.54, 1.807) is 13.1 Å². The number of rotatable bonds is 3. The van der Waals surface area contributed by atoms with Gasteiger partial charge in [-0.05, 0) is 25.5 Å². The summed E-state index contributed by atoms with van der Waals surface area (Å²) in [6.07, 6.45) is 6.54. The fourth-order valence-electron chi connectivity index (χ4n) is 2.87. The van der Waals surface area contributed by atoms with Crippen molar-refractivity contribution in [2.24, 2.45) is 0 Å². The molecule has 0 spiro atoms. The molecule has 3 rings (SSSR count). The van der Waals surface area contributed by atoms with Crippen LogP contribution in [0.1, 0.15) is 43.0 Å². The summed E-state index contributed by atoms with van der Waals surface area (Å²) in [5.41, 5.74) is 1.58. The van der Waals surface area contributed by atoms with Gasteiger partial charge < -0.3 is 4.90 Å². The molecule has 0 amide bonds. The fraction of sp³-hybridized carbons (Fsp3) is 0.412. The molecular formula is C17H20IrN3O-. The second-order valence-electron chi connectivity index (χ2n) is 5.50. The van der Waals surface area contributed by atoms with Crippen LogP contribution in [0.2, 0.25) is 0 Å².